The number of nitrogens with zero attached hydrogens (tertiary/aromatic N) is 5. The maximum Gasteiger partial charge on any atom is 0.259 e. The molecule has 6 heteroatoms. The minimum absolute atomic E-state index is 0.145. The zero-order valence-electron chi connectivity index (χ0n) is 12.7. The smallest absolute Gasteiger partial charge is 0.259 e. The van der Waals surface area contributed by atoms with Gasteiger partial charge in [-0.25, -0.2) is 4.98 Å². The largest absolute Gasteiger partial charge is 0.356 e. The quantitative estimate of drug-likeness (QED) is 0.726. The van der Waals surface area contributed by atoms with Crippen LogP contribution in [-0.2, 0) is 0 Å². The first-order chi connectivity index (χ1) is 11.3. The van der Waals surface area contributed by atoms with E-state index in [4.69, 9.17) is 0 Å². The van der Waals surface area contributed by atoms with Crippen LogP contribution in [-0.4, -0.2) is 32.4 Å². The molecule has 0 aromatic carbocycles. The molecule has 0 aliphatic carbocycles. The van der Waals surface area contributed by atoms with Crippen molar-refractivity contribution in [3.05, 3.63) is 53.1 Å². The van der Waals surface area contributed by atoms with Gasteiger partial charge in [-0.3, -0.25) is 14.2 Å². The summed E-state index contributed by atoms with van der Waals surface area (Å²) in [4.78, 5) is 27.9. The second-order valence-corrected chi connectivity index (χ2v) is 5.70. The van der Waals surface area contributed by atoms with E-state index in [1.807, 2.05) is 24.3 Å². The fraction of sp³-hybridized carbons (Fsp3) is 0.294. The maximum atomic E-state index is 12.3. The molecule has 4 heterocycles. The second kappa shape index (κ2) is 5.79. The average Bonchev–Trinajstić information content (AvgIpc) is 2.63. The lowest BCUT2D eigenvalue weighted by molar-refractivity contribution is 0.573. The highest BCUT2D eigenvalue weighted by molar-refractivity contribution is 5.56. The third kappa shape index (κ3) is 2.67. The van der Waals surface area contributed by atoms with Crippen molar-refractivity contribution >= 4 is 11.6 Å². The Morgan fingerprint density at radius 3 is 2.61 bits per heavy atom. The molecule has 1 fully saturated rings. The summed E-state index contributed by atoms with van der Waals surface area (Å²) in [6.07, 6.45) is 7.08. The Morgan fingerprint density at radius 2 is 1.83 bits per heavy atom. The van der Waals surface area contributed by atoms with Gasteiger partial charge in [0.05, 0.1) is 11.4 Å². The molecule has 0 unspecified atom stereocenters. The summed E-state index contributed by atoms with van der Waals surface area (Å²) >= 11 is 0. The van der Waals surface area contributed by atoms with Crippen molar-refractivity contribution < 1.29 is 0 Å². The zero-order valence-corrected chi connectivity index (χ0v) is 12.7. The van der Waals surface area contributed by atoms with Crippen LogP contribution in [0.5, 0.6) is 0 Å². The summed E-state index contributed by atoms with van der Waals surface area (Å²) in [5.74, 6) is 1.30. The van der Waals surface area contributed by atoms with Crippen LogP contribution < -0.4 is 10.5 Å². The Bertz CT molecular complexity index is 884. The van der Waals surface area contributed by atoms with Gasteiger partial charge >= 0.3 is 0 Å². The Morgan fingerprint density at radius 1 is 0.957 bits per heavy atom. The topological polar surface area (TPSA) is 63.4 Å². The van der Waals surface area contributed by atoms with E-state index < -0.39 is 0 Å². The van der Waals surface area contributed by atoms with Gasteiger partial charge in [0.1, 0.15) is 5.82 Å². The van der Waals surface area contributed by atoms with Gasteiger partial charge in [-0.05, 0) is 37.5 Å². The zero-order chi connectivity index (χ0) is 15.6. The summed E-state index contributed by atoms with van der Waals surface area (Å²) < 4.78 is 1.47. The van der Waals surface area contributed by atoms with Crippen molar-refractivity contribution in [3.63, 3.8) is 0 Å². The predicted molar refractivity (Wildman–Crippen MR) is 88.6 cm³/mol. The molecule has 0 amide bonds. The van der Waals surface area contributed by atoms with Gasteiger partial charge in [-0.15, -0.1) is 0 Å². The summed E-state index contributed by atoms with van der Waals surface area (Å²) in [6.45, 7) is 2.01. The molecule has 0 saturated carbocycles. The maximum absolute atomic E-state index is 12.3. The predicted octanol–water partition coefficient (Wildman–Crippen LogP) is 2.14. The van der Waals surface area contributed by atoms with Crippen LogP contribution in [0.1, 0.15) is 19.3 Å². The van der Waals surface area contributed by atoms with E-state index in [2.05, 4.69) is 19.9 Å². The van der Waals surface area contributed by atoms with Gasteiger partial charge in [0.2, 0.25) is 5.78 Å². The summed E-state index contributed by atoms with van der Waals surface area (Å²) in [5.41, 5.74) is 1.09. The van der Waals surface area contributed by atoms with Crippen LogP contribution in [0.2, 0.25) is 0 Å². The molecule has 3 aromatic heterocycles. The van der Waals surface area contributed by atoms with Crippen LogP contribution in [0.4, 0.5) is 5.82 Å². The van der Waals surface area contributed by atoms with Gasteiger partial charge in [0, 0.05) is 31.5 Å². The summed E-state index contributed by atoms with van der Waals surface area (Å²) in [5, 5.41) is 0. The van der Waals surface area contributed by atoms with E-state index in [0.29, 0.717) is 17.2 Å². The SMILES string of the molecule is O=c1cc(-c2ccccn2)nc2nc(N3CCCCC3)ccn12. The fourth-order valence-corrected chi connectivity index (χ4v) is 2.92. The first-order valence-electron chi connectivity index (χ1n) is 7.88. The van der Waals surface area contributed by atoms with Gasteiger partial charge in [0.25, 0.3) is 5.56 Å². The second-order valence-electron chi connectivity index (χ2n) is 5.70. The first-order valence-corrected chi connectivity index (χ1v) is 7.88. The lowest BCUT2D eigenvalue weighted by atomic mass is 10.1. The molecule has 1 aliphatic rings. The summed E-state index contributed by atoms with van der Waals surface area (Å²) in [7, 11) is 0. The lowest BCUT2D eigenvalue weighted by Gasteiger charge is -2.27. The normalized spacial score (nSPS) is 15.0. The van der Waals surface area contributed by atoms with Crippen LogP contribution >= 0.6 is 0 Å². The van der Waals surface area contributed by atoms with Gasteiger partial charge in [0.15, 0.2) is 0 Å². The van der Waals surface area contributed by atoms with E-state index in [1.54, 1.807) is 12.4 Å². The van der Waals surface area contributed by atoms with E-state index in [9.17, 15) is 4.79 Å². The lowest BCUT2D eigenvalue weighted by Crippen LogP contribution is -2.30. The van der Waals surface area contributed by atoms with Gasteiger partial charge in [-0.1, -0.05) is 6.07 Å². The van der Waals surface area contributed by atoms with Crippen LogP contribution in [0, 0.1) is 0 Å². The van der Waals surface area contributed by atoms with Crippen LogP contribution in [0.3, 0.4) is 0 Å². The number of hydrogen-bond donors (Lipinski definition) is 0. The number of hydrogen-bond acceptors (Lipinski definition) is 5. The molecule has 0 N–H and O–H groups in total. The molecule has 3 aromatic rings. The number of piperidine rings is 1. The molecule has 0 radical (unpaired) electrons. The van der Waals surface area contributed by atoms with E-state index in [1.165, 1.54) is 29.7 Å². The molecule has 4 rings (SSSR count). The van der Waals surface area contributed by atoms with Gasteiger partial charge in [-0.2, -0.15) is 4.98 Å². The highest BCUT2D eigenvalue weighted by atomic mass is 16.1. The molecule has 0 spiro atoms. The van der Waals surface area contributed by atoms with Crippen molar-refractivity contribution in [1.82, 2.24) is 19.4 Å². The molecule has 0 atom stereocenters. The standard InChI is InChI=1S/C17H17N5O/c23-16-12-14(13-6-2-3-8-18-13)19-17-20-15(7-11-22(16)17)21-9-4-1-5-10-21/h2-3,6-8,11-12H,1,4-5,9-10H2. The molecule has 23 heavy (non-hydrogen) atoms. The van der Waals surface area contributed by atoms with E-state index in [-0.39, 0.29) is 5.56 Å². The Balaban J connectivity index is 1.81. The van der Waals surface area contributed by atoms with Crippen molar-refractivity contribution in [2.45, 2.75) is 19.3 Å². The van der Waals surface area contributed by atoms with Crippen LogP contribution in [0.15, 0.2) is 47.5 Å². The highest BCUT2D eigenvalue weighted by Gasteiger charge is 2.14. The van der Waals surface area contributed by atoms with Crippen LogP contribution in [0.25, 0.3) is 17.2 Å². The van der Waals surface area contributed by atoms with Crippen molar-refractivity contribution in [2.75, 3.05) is 18.0 Å². The Labute approximate surface area is 133 Å². The van der Waals surface area contributed by atoms with Crippen molar-refractivity contribution in [1.29, 1.82) is 0 Å². The van der Waals surface area contributed by atoms with E-state index in [0.717, 1.165) is 18.9 Å². The third-order valence-corrected chi connectivity index (χ3v) is 4.13. The van der Waals surface area contributed by atoms with E-state index >= 15 is 0 Å². The molecular weight excluding hydrogens is 290 g/mol. The minimum Gasteiger partial charge on any atom is -0.356 e. The minimum atomic E-state index is -0.145. The highest BCUT2D eigenvalue weighted by Crippen LogP contribution is 2.18. The van der Waals surface area contributed by atoms with Gasteiger partial charge < -0.3 is 4.90 Å². The molecule has 6 nitrogen and oxygen atoms in total. The summed E-state index contributed by atoms with van der Waals surface area (Å²) in [6, 6.07) is 8.94. The monoisotopic (exact) mass is 307 g/mol. The number of aromatic nitrogens is 4. The average molecular weight is 307 g/mol. The molecule has 1 aliphatic heterocycles. The molecular formula is C17H17N5O. The molecule has 116 valence electrons. The third-order valence-electron chi connectivity index (χ3n) is 4.13. The molecule has 1 saturated heterocycles. The number of pyridine rings is 1. The number of fused-ring (bicyclic) bond motifs is 1. The first kappa shape index (κ1) is 13.9. The molecule has 0 bridgehead atoms. The Kier molecular flexibility index (Phi) is 3.49. The number of anilines is 1. The van der Waals surface area contributed by atoms with Crippen molar-refractivity contribution in [3.8, 4) is 11.4 Å². The van der Waals surface area contributed by atoms with Crippen molar-refractivity contribution in [2.24, 2.45) is 0 Å². The number of rotatable bonds is 2. The fourth-order valence-electron chi connectivity index (χ4n) is 2.92. The Hall–Kier alpha value is -2.76.